The smallest absolute Gasteiger partial charge is 0.241 e. The zero-order valence-corrected chi connectivity index (χ0v) is 13.2. The molecule has 0 fully saturated rings. The third kappa shape index (κ3) is 3.39. The molecule has 4 nitrogen and oxygen atoms in total. The molecule has 1 unspecified atom stereocenters. The number of rotatable bonds is 5. The van der Waals surface area contributed by atoms with Crippen molar-refractivity contribution in [2.45, 2.75) is 24.4 Å². The second kappa shape index (κ2) is 6.24. The molecule has 0 bridgehead atoms. The van der Waals surface area contributed by atoms with Crippen LogP contribution in [0.4, 0.5) is 0 Å². The molecule has 0 saturated carbocycles. The second-order valence-corrected chi connectivity index (χ2v) is 7.42. The third-order valence-electron chi connectivity index (χ3n) is 2.85. The van der Waals surface area contributed by atoms with Crippen molar-refractivity contribution in [2.24, 2.45) is 5.73 Å². The highest BCUT2D eigenvalue weighted by molar-refractivity contribution is 7.89. The Bertz CT molecular complexity index is 684. The minimum Gasteiger partial charge on any atom is -0.326 e. The molecule has 0 spiro atoms. The van der Waals surface area contributed by atoms with Crippen LogP contribution in [0.1, 0.15) is 23.4 Å². The maximum Gasteiger partial charge on any atom is 0.241 e. The maximum absolute atomic E-state index is 12.3. The van der Waals surface area contributed by atoms with Crippen molar-refractivity contribution >= 4 is 33.0 Å². The number of thiophene rings is 1. The summed E-state index contributed by atoms with van der Waals surface area (Å²) in [7, 11) is -3.59. The van der Waals surface area contributed by atoms with E-state index in [1.165, 1.54) is 23.5 Å². The van der Waals surface area contributed by atoms with Gasteiger partial charge >= 0.3 is 0 Å². The van der Waals surface area contributed by atoms with Gasteiger partial charge in [-0.15, -0.1) is 11.3 Å². The highest BCUT2D eigenvalue weighted by atomic mass is 35.5. The third-order valence-corrected chi connectivity index (χ3v) is 5.81. The van der Waals surface area contributed by atoms with Gasteiger partial charge in [0, 0.05) is 16.4 Å². The van der Waals surface area contributed by atoms with Gasteiger partial charge in [-0.3, -0.25) is 0 Å². The summed E-state index contributed by atoms with van der Waals surface area (Å²) in [4.78, 5) is 1.13. The molecule has 108 valence electrons. The number of halogens is 1. The molecule has 0 aliphatic heterocycles. The van der Waals surface area contributed by atoms with Gasteiger partial charge in [-0.1, -0.05) is 17.7 Å². The van der Waals surface area contributed by atoms with Crippen molar-refractivity contribution in [1.29, 1.82) is 0 Å². The molecule has 7 heteroatoms. The van der Waals surface area contributed by atoms with Gasteiger partial charge in [-0.05, 0) is 42.1 Å². The molecule has 0 aliphatic carbocycles. The first-order valence-corrected chi connectivity index (χ1v) is 8.72. The monoisotopic (exact) mass is 330 g/mol. The standard InChI is InChI=1S/C13H15ClN2O2S2/c1-9(13-3-2-6-19-13)16-20(17,18)11-4-5-12(14)10(7-11)8-15/h2-7,9,16H,8,15H2,1H3. The summed E-state index contributed by atoms with van der Waals surface area (Å²) in [5.74, 6) is 0. The van der Waals surface area contributed by atoms with Crippen LogP contribution in [0.3, 0.4) is 0 Å². The van der Waals surface area contributed by atoms with E-state index >= 15 is 0 Å². The summed E-state index contributed by atoms with van der Waals surface area (Å²) in [6, 6.07) is 8.03. The molecule has 0 amide bonds. The summed E-state index contributed by atoms with van der Waals surface area (Å²) in [5.41, 5.74) is 6.15. The topological polar surface area (TPSA) is 72.2 Å². The lowest BCUT2D eigenvalue weighted by molar-refractivity contribution is 0.568. The quantitative estimate of drug-likeness (QED) is 0.885. The fourth-order valence-corrected chi connectivity index (χ4v) is 4.05. The van der Waals surface area contributed by atoms with Gasteiger partial charge in [0.15, 0.2) is 0 Å². The number of nitrogens with two attached hydrogens (primary N) is 1. The molecule has 1 aromatic carbocycles. The van der Waals surface area contributed by atoms with E-state index in [2.05, 4.69) is 4.72 Å². The van der Waals surface area contributed by atoms with Crippen LogP contribution in [0.15, 0.2) is 40.6 Å². The first-order valence-electron chi connectivity index (χ1n) is 5.98. The fraction of sp³-hybridized carbons (Fsp3) is 0.231. The Morgan fingerprint density at radius 2 is 2.15 bits per heavy atom. The van der Waals surface area contributed by atoms with Gasteiger partial charge in [0.25, 0.3) is 0 Å². The molecule has 1 atom stereocenters. The Balaban J connectivity index is 2.26. The summed E-state index contributed by atoms with van der Waals surface area (Å²) in [6.45, 7) is 2.01. The summed E-state index contributed by atoms with van der Waals surface area (Å²) in [6.07, 6.45) is 0. The minimum atomic E-state index is -3.59. The van der Waals surface area contributed by atoms with Crippen LogP contribution < -0.4 is 10.5 Å². The van der Waals surface area contributed by atoms with Gasteiger partial charge in [0.05, 0.1) is 10.9 Å². The molecule has 2 aromatic rings. The van der Waals surface area contributed by atoms with E-state index in [-0.39, 0.29) is 17.5 Å². The first kappa shape index (κ1) is 15.5. The van der Waals surface area contributed by atoms with E-state index in [9.17, 15) is 8.42 Å². The van der Waals surface area contributed by atoms with Crippen molar-refractivity contribution < 1.29 is 8.42 Å². The molecule has 20 heavy (non-hydrogen) atoms. The molecule has 0 aliphatic rings. The fourth-order valence-electron chi connectivity index (χ4n) is 1.77. The number of nitrogens with one attached hydrogen (secondary N) is 1. The van der Waals surface area contributed by atoms with Crippen LogP contribution in [0, 0.1) is 0 Å². The average molecular weight is 331 g/mol. The lowest BCUT2D eigenvalue weighted by Crippen LogP contribution is -2.26. The number of benzene rings is 1. The highest BCUT2D eigenvalue weighted by Crippen LogP contribution is 2.23. The van der Waals surface area contributed by atoms with E-state index < -0.39 is 10.0 Å². The summed E-state index contributed by atoms with van der Waals surface area (Å²) >= 11 is 7.45. The Morgan fingerprint density at radius 3 is 2.75 bits per heavy atom. The van der Waals surface area contributed by atoms with Crippen molar-refractivity contribution in [2.75, 3.05) is 0 Å². The lowest BCUT2D eigenvalue weighted by atomic mass is 10.2. The SMILES string of the molecule is CC(NS(=O)(=O)c1ccc(Cl)c(CN)c1)c1cccs1. The van der Waals surface area contributed by atoms with Crippen molar-refractivity contribution in [3.05, 3.63) is 51.2 Å². The van der Waals surface area contributed by atoms with Crippen molar-refractivity contribution in [3.8, 4) is 0 Å². The molecule has 0 radical (unpaired) electrons. The van der Waals surface area contributed by atoms with Gasteiger partial charge in [0.2, 0.25) is 10.0 Å². The Hall–Kier alpha value is -0.920. The molecule has 0 saturated heterocycles. The number of sulfonamides is 1. The molecule has 1 aromatic heterocycles. The first-order chi connectivity index (χ1) is 9.44. The zero-order chi connectivity index (χ0) is 14.8. The van der Waals surface area contributed by atoms with Crippen molar-refractivity contribution in [1.82, 2.24) is 4.72 Å². The maximum atomic E-state index is 12.3. The van der Waals surface area contributed by atoms with Crippen LogP contribution in [-0.2, 0) is 16.6 Å². The minimum absolute atomic E-state index is 0.172. The highest BCUT2D eigenvalue weighted by Gasteiger charge is 2.19. The van der Waals surface area contributed by atoms with Crippen LogP contribution in [0.5, 0.6) is 0 Å². The van der Waals surface area contributed by atoms with Gasteiger partial charge < -0.3 is 5.73 Å². The summed E-state index contributed by atoms with van der Waals surface area (Å²) < 4.78 is 27.3. The largest absolute Gasteiger partial charge is 0.326 e. The zero-order valence-electron chi connectivity index (χ0n) is 10.8. The molecule has 2 rings (SSSR count). The predicted molar refractivity (Wildman–Crippen MR) is 82.4 cm³/mol. The van der Waals surface area contributed by atoms with E-state index in [0.29, 0.717) is 10.6 Å². The van der Waals surface area contributed by atoms with Gasteiger partial charge in [0.1, 0.15) is 0 Å². The van der Waals surface area contributed by atoms with E-state index in [0.717, 1.165) is 4.88 Å². The molecule has 1 heterocycles. The second-order valence-electron chi connectivity index (χ2n) is 4.32. The summed E-state index contributed by atoms with van der Waals surface area (Å²) in [5, 5.41) is 2.38. The normalized spacial score (nSPS) is 13.3. The molecule has 3 N–H and O–H groups in total. The van der Waals surface area contributed by atoms with E-state index in [4.69, 9.17) is 17.3 Å². The van der Waals surface area contributed by atoms with E-state index in [1.54, 1.807) is 6.07 Å². The van der Waals surface area contributed by atoms with Crippen LogP contribution in [0.25, 0.3) is 0 Å². The predicted octanol–water partition coefficient (Wildman–Crippen LogP) is 2.90. The number of hydrogen-bond donors (Lipinski definition) is 2. The van der Waals surface area contributed by atoms with Gasteiger partial charge in [-0.25, -0.2) is 13.1 Å². The van der Waals surface area contributed by atoms with Crippen LogP contribution in [0.2, 0.25) is 5.02 Å². The van der Waals surface area contributed by atoms with Crippen LogP contribution in [-0.4, -0.2) is 8.42 Å². The Morgan fingerprint density at radius 1 is 1.40 bits per heavy atom. The molecular weight excluding hydrogens is 316 g/mol. The average Bonchev–Trinajstić information content (AvgIpc) is 2.92. The van der Waals surface area contributed by atoms with Crippen LogP contribution >= 0.6 is 22.9 Å². The van der Waals surface area contributed by atoms with Crippen molar-refractivity contribution in [3.63, 3.8) is 0 Å². The number of hydrogen-bond acceptors (Lipinski definition) is 4. The van der Waals surface area contributed by atoms with Gasteiger partial charge in [-0.2, -0.15) is 0 Å². The Labute approximate surface area is 127 Å². The van der Waals surface area contributed by atoms with E-state index in [1.807, 2.05) is 24.4 Å². The molecular formula is C13H15ClN2O2S2. The lowest BCUT2D eigenvalue weighted by Gasteiger charge is -2.13. The Kier molecular flexibility index (Phi) is 4.82.